The number of nitrogens with one attached hydrogen (secondary N) is 1. The van der Waals surface area contributed by atoms with Gasteiger partial charge in [-0.05, 0) is 38.1 Å². The lowest BCUT2D eigenvalue weighted by Gasteiger charge is -2.26. The predicted octanol–water partition coefficient (Wildman–Crippen LogP) is 3.00. The molecule has 1 aromatic heterocycles. The van der Waals surface area contributed by atoms with Crippen LogP contribution in [0.15, 0.2) is 12.4 Å². The Hall–Kier alpha value is -0.830. The number of rotatable bonds is 6. The molecule has 1 N–H and O–H groups in total. The lowest BCUT2D eigenvalue weighted by molar-refractivity contribution is 0.267. The summed E-state index contributed by atoms with van der Waals surface area (Å²) in [6.45, 7) is 7.72. The van der Waals surface area contributed by atoms with Crippen molar-refractivity contribution in [1.29, 1.82) is 0 Å². The van der Waals surface area contributed by atoms with Crippen LogP contribution in [-0.2, 0) is 6.54 Å². The molecule has 1 saturated carbocycles. The molecule has 1 aliphatic rings. The van der Waals surface area contributed by atoms with Crippen LogP contribution in [0.2, 0.25) is 0 Å². The van der Waals surface area contributed by atoms with Crippen LogP contribution >= 0.6 is 0 Å². The molecule has 0 saturated heterocycles. The molecule has 1 heterocycles. The zero-order valence-electron chi connectivity index (χ0n) is 11.9. The molecule has 3 heteroatoms. The molecule has 0 radical (unpaired) electrons. The van der Waals surface area contributed by atoms with Crippen LogP contribution in [0.1, 0.15) is 44.9 Å². The van der Waals surface area contributed by atoms with E-state index in [4.69, 9.17) is 0 Å². The van der Waals surface area contributed by atoms with Crippen molar-refractivity contribution in [1.82, 2.24) is 14.9 Å². The van der Waals surface area contributed by atoms with Crippen LogP contribution in [0.3, 0.4) is 0 Å². The maximum absolute atomic E-state index is 4.23. The van der Waals surface area contributed by atoms with Gasteiger partial charge in [0.05, 0.1) is 0 Å². The molecule has 102 valence electrons. The standard InChI is InChI=1S/C15H27N3/c1-13-4-3-5-15(12-13)6-7-16-8-10-18-11-9-17-14(18)2/h9,11,13,15-16H,3-8,10,12H2,1-2H3. The maximum atomic E-state index is 4.23. The van der Waals surface area contributed by atoms with Gasteiger partial charge in [0.1, 0.15) is 5.82 Å². The molecular formula is C15H27N3. The summed E-state index contributed by atoms with van der Waals surface area (Å²) in [7, 11) is 0. The second-order valence-electron chi connectivity index (χ2n) is 5.84. The van der Waals surface area contributed by atoms with Crippen LogP contribution in [0, 0.1) is 18.8 Å². The first-order chi connectivity index (χ1) is 8.75. The molecule has 18 heavy (non-hydrogen) atoms. The van der Waals surface area contributed by atoms with Crippen molar-refractivity contribution in [3.8, 4) is 0 Å². The largest absolute Gasteiger partial charge is 0.334 e. The van der Waals surface area contributed by atoms with Gasteiger partial charge in [-0.2, -0.15) is 0 Å². The van der Waals surface area contributed by atoms with Gasteiger partial charge in [0.2, 0.25) is 0 Å². The molecule has 2 unspecified atom stereocenters. The normalized spacial score (nSPS) is 24.3. The van der Waals surface area contributed by atoms with E-state index in [9.17, 15) is 0 Å². The van der Waals surface area contributed by atoms with E-state index in [-0.39, 0.29) is 0 Å². The Labute approximate surface area is 111 Å². The topological polar surface area (TPSA) is 29.9 Å². The van der Waals surface area contributed by atoms with Crippen LogP contribution in [0.5, 0.6) is 0 Å². The summed E-state index contributed by atoms with van der Waals surface area (Å²) in [5.74, 6) is 3.03. The molecule has 0 bridgehead atoms. The van der Waals surface area contributed by atoms with Crippen molar-refractivity contribution >= 4 is 0 Å². The Morgan fingerprint density at radius 3 is 3.00 bits per heavy atom. The highest BCUT2D eigenvalue weighted by Crippen LogP contribution is 2.30. The number of imidazole rings is 1. The predicted molar refractivity (Wildman–Crippen MR) is 75.6 cm³/mol. The van der Waals surface area contributed by atoms with Gasteiger partial charge in [-0.1, -0.05) is 26.2 Å². The molecule has 1 aromatic rings. The van der Waals surface area contributed by atoms with Gasteiger partial charge in [-0.3, -0.25) is 0 Å². The van der Waals surface area contributed by atoms with E-state index in [1.54, 1.807) is 0 Å². The number of nitrogens with zero attached hydrogens (tertiary/aromatic N) is 2. The number of aryl methyl sites for hydroxylation is 1. The molecule has 0 amide bonds. The van der Waals surface area contributed by atoms with Gasteiger partial charge in [0.25, 0.3) is 0 Å². The van der Waals surface area contributed by atoms with Gasteiger partial charge in [-0.25, -0.2) is 4.98 Å². The highest BCUT2D eigenvalue weighted by atomic mass is 15.1. The summed E-state index contributed by atoms with van der Waals surface area (Å²) >= 11 is 0. The Bertz CT molecular complexity index is 345. The molecular weight excluding hydrogens is 222 g/mol. The Kier molecular flexibility index (Phi) is 5.24. The number of aromatic nitrogens is 2. The minimum absolute atomic E-state index is 0.956. The first-order valence-electron chi connectivity index (χ1n) is 7.44. The SMILES string of the molecule is Cc1nccn1CCNCCC1CCCC(C)C1. The highest BCUT2D eigenvalue weighted by molar-refractivity contribution is 4.88. The van der Waals surface area contributed by atoms with Crippen LogP contribution in [0.25, 0.3) is 0 Å². The highest BCUT2D eigenvalue weighted by Gasteiger charge is 2.17. The zero-order valence-corrected chi connectivity index (χ0v) is 11.9. The molecule has 1 fully saturated rings. The summed E-state index contributed by atoms with van der Waals surface area (Å²) in [6.07, 6.45) is 11.1. The zero-order chi connectivity index (χ0) is 12.8. The van der Waals surface area contributed by atoms with Crippen molar-refractivity contribution in [3.63, 3.8) is 0 Å². The van der Waals surface area contributed by atoms with Crippen molar-refractivity contribution < 1.29 is 0 Å². The molecule has 2 atom stereocenters. The van der Waals surface area contributed by atoms with Crippen molar-refractivity contribution in [2.45, 2.75) is 52.5 Å². The van der Waals surface area contributed by atoms with E-state index < -0.39 is 0 Å². The van der Waals surface area contributed by atoms with Crippen molar-refractivity contribution in [2.75, 3.05) is 13.1 Å². The van der Waals surface area contributed by atoms with Gasteiger partial charge >= 0.3 is 0 Å². The lowest BCUT2D eigenvalue weighted by atomic mass is 9.81. The Morgan fingerprint density at radius 2 is 2.28 bits per heavy atom. The fourth-order valence-corrected chi connectivity index (χ4v) is 3.09. The summed E-state index contributed by atoms with van der Waals surface area (Å²) in [5, 5.41) is 3.56. The van der Waals surface area contributed by atoms with E-state index in [1.807, 2.05) is 6.20 Å². The van der Waals surface area contributed by atoms with E-state index in [0.29, 0.717) is 0 Å². The Balaban J connectivity index is 1.55. The fraction of sp³-hybridized carbons (Fsp3) is 0.800. The monoisotopic (exact) mass is 249 g/mol. The van der Waals surface area contributed by atoms with E-state index in [1.165, 1.54) is 38.6 Å². The minimum Gasteiger partial charge on any atom is -0.334 e. The van der Waals surface area contributed by atoms with E-state index in [0.717, 1.165) is 30.7 Å². The van der Waals surface area contributed by atoms with Gasteiger partial charge in [0.15, 0.2) is 0 Å². The lowest BCUT2D eigenvalue weighted by Crippen LogP contribution is -2.24. The summed E-state index contributed by atoms with van der Waals surface area (Å²) in [6, 6.07) is 0. The first-order valence-corrected chi connectivity index (χ1v) is 7.44. The third-order valence-electron chi connectivity index (χ3n) is 4.23. The van der Waals surface area contributed by atoms with Crippen molar-refractivity contribution in [3.05, 3.63) is 18.2 Å². The summed E-state index contributed by atoms with van der Waals surface area (Å²) < 4.78 is 2.20. The minimum atomic E-state index is 0.956. The van der Waals surface area contributed by atoms with Crippen LogP contribution in [0.4, 0.5) is 0 Å². The average molecular weight is 249 g/mol. The quantitative estimate of drug-likeness (QED) is 0.785. The number of hydrogen-bond donors (Lipinski definition) is 1. The molecule has 3 nitrogen and oxygen atoms in total. The fourth-order valence-electron chi connectivity index (χ4n) is 3.09. The molecule has 0 aromatic carbocycles. The van der Waals surface area contributed by atoms with E-state index >= 15 is 0 Å². The van der Waals surface area contributed by atoms with Crippen LogP contribution < -0.4 is 5.32 Å². The molecule has 1 aliphatic carbocycles. The van der Waals surface area contributed by atoms with E-state index in [2.05, 4.69) is 34.9 Å². The van der Waals surface area contributed by atoms with Crippen LogP contribution in [-0.4, -0.2) is 22.6 Å². The average Bonchev–Trinajstić information content (AvgIpc) is 2.75. The molecule has 0 spiro atoms. The maximum Gasteiger partial charge on any atom is 0.105 e. The third-order valence-corrected chi connectivity index (χ3v) is 4.23. The second-order valence-corrected chi connectivity index (χ2v) is 5.84. The first kappa shape index (κ1) is 13.6. The second kappa shape index (κ2) is 6.93. The molecule has 0 aliphatic heterocycles. The third kappa shape index (κ3) is 4.13. The smallest absolute Gasteiger partial charge is 0.105 e. The van der Waals surface area contributed by atoms with Gasteiger partial charge in [-0.15, -0.1) is 0 Å². The number of hydrogen-bond acceptors (Lipinski definition) is 2. The molecule has 2 rings (SSSR count). The Morgan fingerprint density at radius 1 is 1.39 bits per heavy atom. The van der Waals surface area contributed by atoms with Gasteiger partial charge < -0.3 is 9.88 Å². The van der Waals surface area contributed by atoms with Gasteiger partial charge in [0, 0.05) is 25.5 Å². The summed E-state index contributed by atoms with van der Waals surface area (Å²) in [4.78, 5) is 4.23. The summed E-state index contributed by atoms with van der Waals surface area (Å²) in [5.41, 5.74) is 0. The van der Waals surface area contributed by atoms with Crippen molar-refractivity contribution in [2.24, 2.45) is 11.8 Å².